The van der Waals surface area contributed by atoms with Gasteiger partial charge in [0.2, 0.25) is 11.8 Å². The van der Waals surface area contributed by atoms with Gasteiger partial charge in [0.05, 0.1) is 12.6 Å². The van der Waals surface area contributed by atoms with Gasteiger partial charge < -0.3 is 20.1 Å². The Morgan fingerprint density at radius 2 is 1.79 bits per heavy atom. The zero-order valence-corrected chi connectivity index (χ0v) is 18.8. The standard InChI is InChI=1S/C27H27FN2O4/c28-22-9-4-5-10-25(22)34-18-24(19-7-2-1-3-8-19)30-26(31)11-6-16-33-21-13-14-23-20(17-21)12-15-27(32)29-23/h1-5,7-10,13-14,17,24H,6,11-12,15-16,18H2,(H,29,32)(H,30,31). The van der Waals surface area contributed by atoms with E-state index in [1.165, 1.54) is 6.07 Å². The second-order valence-corrected chi connectivity index (χ2v) is 8.09. The molecule has 0 bridgehead atoms. The zero-order chi connectivity index (χ0) is 23.8. The van der Waals surface area contributed by atoms with Crippen molar-refractivity contribution in [2.75, 3.05) is 18.5 Å². The van der Waals surface area contributed by atoms with Gasteiger partial charge in [-0.2, -0.15) is 0 Å². The number of aryl methyl sites for hydroxylation is 1. The number of halogens is 1. The van der Waals surface area contributed by atoms with Crippen LogP contribution in [-0.4, -0.2) is 25.0 Å². The summed E-state index contributed by atoms with van der Waals surface area (Å²) in [6, 6.07) is 20.8. The van der Waals surface area contributed by atoms with Crippen molar-refractivity contribution in [1.82, 2.24) is 5.32 Å². The van der Waals surface area contributed by atoms with E-state index in [2.05, 4.69) is 10.6 Å². The summed E-state index contributed by atoms with van der Waals surface area (Å²) in [5.74, 6) is 0.317. The topological polar surface area (TPSA) is 76.7 Å². The Balaban J connectivity index is 1.27. The van der Waals surface area contributed by atoms with Gasteiger partial charge in [-0.05, 0) is 54.3 Å². The number of carbonyl (C=O) groups is 2. The first kappa shape index (κ1) is 23.3. The number of nitrogens with one attached hydrogen (secondary N) is 2. The summed E-state index contributed by atoms with van der Waals surface area (Å²) in [6.45, 7) is 0.499. The molecule has 2 amide bonds. The van der Waals surface area contributed by atoms with Crippen LogP contribution in [0.1, 0.15) is 36.4 Å². The molecule has 1 heterocycles. The van der Waals surface area contributed by atoms with Gasteiger partial charge >= 0.3 is 0 Å². The molecule has 3 aromatic rings. The lowest BCUT2D eigenvalue weighted by Crippen LogP contribution is -2.32. The summed E-state index contributed by atoms with van der Waals surface area (Å²) < 4.78 is 25.4. The van der Waals surface area contributed by atoms with Crippen LogP contribution in [-0.2, 0) is 16.0 Å². The first-order valence-electron chi connectivity index (χ1n) is 11.4. The average Bonchev–Trinajstić information content (AvgIpc) is 2.86. The van der Waals surface area contributed by atoms with Crippen molar-refractivity contribution in [3.63, 3.8) is 0 Å². The third kappa shape index (κ3) is 6.34. The maximum Gasteiger partial charge on any atom is 0.224 e. The summed E-state index contributed by atoms with van der Waals surface area (Å²) in [4.78, 5) is 24.1. The lowest BCUT2D eigenvalue weighted by atomic mass is 10.0. The summed E-state index contributed by atoms with van der Waals surface area (Å²) in [5, 5.41) is 5.83. The van der Waals surface area contributed by atoms with E-state index in [4.69, 9.17) is 9.47 Å². The van der Waals surface area contributed by atoms with E-state index >= 15 is 0 Å². The van der Waals surface area contributed by atoms with Crippen LogP contribution >= 0.6 is 0 Å². The molecule has 1 aliphatic rings. The predicted molar refractivity (Wildman–Crippen MR) is 127 cm³/mol. The van der Waals surface area contributed by atoms with Crippen LogP contribution in [0.2, 0.25) is 0 Å². The normalized spacial score (nSPS) is 13.4. The molecule has 176 valence electrons. The Morgan fingerprint density at radius 3 is 2.62 bits per heavy atom. The number of rotatable bonds is 10. The number of anilines is 1. The fraction of sp³-hybridized carbons (Fsp3) is 0.259. The van der Waals surface area contributed by atoms with Crippen molar-refractivity contribution < 1.29 is 23.5 Å². The van der Waals surface area contributed by atoms with Crippen LogP contribution < -0.4 is 20.1 Å². The van der Waals surface area contributed by atoms with Gasteiger partial charge in [0.15, 0.2) is 11.6 Å². The minimum absolute atomic E-state index is 0.0280. The van der Waals surface area contributed by atoms with Crippen LogP contribution in [0.15, 0.2) is 72.8 Å². The fourth-order valence-corrected chi connectivity index (χ4v) is 3.78. The highest BCUT2D eigenvalue weighted by atomic mass is 19.1. The second-order valence-electron chi connectivity index (χ2n) is 8.09. The van der Waals surface area contributed by atoms with Crippen LogP contribution in [0, 0.1) is 5.82 Å². The lowest BCUT2D eigenvalue weighted by molar-refractivity contribution is -0.122. The van der Waals surface area contributed by atoms with Gasteiger partial charge in [-0.3, -0.25) is 9.59 Å². The molecule has 34 heavy (non-hydrogen) atoms. The Morgan fingerprint density at radius 1 is 1.00 bits per heavy atom. The Bertz CT molecular complexity index is 1140. The average molecular weight is 463 g/mol. The highest BCUT2D eigenvalue weighted by molar-refractivity contribution is 5.94. The highest BCUT2D eigenvalue weighted by Gasteiger charge is 2.17. The Kier molecular flexibility index (Phi) is 7.75. The molecule has 1 atom stereocenters. The number of hydrogen-bond acceptors (Lipinski definition) is 4. The summed E-state index contributed by atoms with van der Waals surface area (Å²) in [6.07, 6.45) is 1.98. The molecular formula is C27H27FN2O4. The number of fused-ring (bicyclic) bond motifs is 1. The third-order valence-corrected chi connectivity index (χ3v) is 5.57. The van der Waals surface area contributed by atoms with E-state index in [0.717, 1.165) is 22.6 Å². The van der Waals surface area contributed by atoms with E-state index in [0.29, 0.717) is 25.9 Å². The summed E-state index contributed by atoms with van der Waals surface area (Å²) in [5.41, 5.74) is 2.76. The second kappa shape index (κ2) is 11.3. The molecule has 2 N–H and O–H groups in total. The molecule has 0 aromatic heterocycles. The first-order chi connectivity index (χ1) is 16.6. The molecule has 0 spiro atoms. The van der Waals surface area contributed by atoms with E-state index in [-0.39, 0.29) is 30.6 Å². The van der Waals surface area contributed by atoms with Gasteiger partial charge in [0.25, 0.3) is 0 Å². The van der Waals surface area contributed by atoms with Crippen LogP contribution in [0.4, 0.5) is 10.1 Å². The number of benzene rings is 3. The quantitative estimate of drug-likeness (QED) is 0.424. The molecular weight excluding hydrogens is 435 g/mol. The molecule has 3 aromatic carbocycles. The maximum atomic E-state index is 13.9. The van der Waals surface area contributed by atoms with E-state index in [1.54, 1.807) is 18.2 Å². The largest absolute Gasteiger partial charge is 0.494 e. The molecule has 0 fully saturated rings. The molecule has 6 nitrogen and oxygen atoms in total. The summed E-state index contributed by atoms with van der Waals surface area (Å²) >= 11 is 0. The number of ether oxygens (including phenoxy) is 2. The molecule has 1 aliphatic heterocycles. The molecule has 0 saturated carbocycles. The van der Waals surface area contributed by atoms with Gasteiger partial charge in [0.1, 0.15) is 12.4 Å². The third-order valence-electron chi connectivity index (χ3n) is 5.57. The van der Waals surface area contributed by atoms with Crippen molar-refractivity contribution in [3.05, 3.63) is 89.7 Å². The smallest absolute Gasteiger partial charge is 0.224 e. The van der Waals surface area contributed by atoms with E-state index in [9.17, 15) is 14.0 Å². The predicted octanol–water partition coefficient (Wildman–Crippen LogP) is 4.81. The van der Waals surface area contributed by atoms with Crippen LogP contribution in [0.25, 0.3) is 0 Å². The van der Waals surface area contributed by atoms with Crippen LogP contribution in [0.5, 0.6) is 11.5 Å². The molecule has 0 radical (unpaired) electrons. The van der Waals surface area contributed by atoms with Crippen LogP contribution in [0.3, 0.4) is 0 Å². The Hall–Kier alpha value is -3.87. The van der Waals surface area contributed by atoms with E-state index < -0.39 is 11.9 Å². The molecule has 1 unspecified atom stereocenters. The van der Waals surface area contributed by atoms with Crippen molar-refractivity contribution >= 4 is 17.5 Å². The highest BCUT2D eigenvalue weighted by Crippen LogP contribution is 2.27. The maximum absolute atomic E-state index is 13.9. The molecule has 0 aliphatic carbocycles. The zero-order valence-electron chi connectivity index (χ0n) is 18.8. The van der Waals surface area contributed by atoms with Gasteiger partial charge in [-0.15, -0.1) is 0 Å². The SMILES string of the molecule is O=C1CCc2cc(OCCCC(=O)NC(COc3ccccc3F)c3ccccc3)ccc2N1. The minimum atomic E-state index is -0.442. The molecule has 0 saturated heterocycles. The van der Waals surface area contributed by atoms with Gasteiger partial charge in [0, 0.05) is 18.5 Å². The number of hydrogen-bond donors (Lipinski definition) is 2. The fourth-order valence-electron chi connectivity index (χ4n) is 3.78. The Labute approximate surface area is 198 Å². The van der Waals surface area contributed by atoms with E-state index in [1.807, 2.05) is 48.5 Å². The van der Waals surface area contributed by atoms with Crippen molar-refractivity contribution in [1.29, 1.82) is 0 Å². The van der Waals surface area contributed by atoms with Gasteiger partial charge in [-0.1, -0.05) is 42.5 Å². The number of para-hydroxylation sites is 1. The van der Waals surface area contributed by atoms with Crippen molar-refractivity contribution in [2.24, 2.45) is 0 Å². The number of carbonyl (C=O) groups excluding carboxylic acids is 2. The monoisotopic (exact) mass is 462 g/mol. The number of amides is 2. The van der Waals surface area contributed by atoms with Gasteiger partial charge in [-0.25, -0.2) is 4.39 Å². The molecule has 4 rings (SSSR count). The summed E-state index contributed by atoms with van der Waals surface area (Å²) in [7, 11) is 0. The van der Waals surface area contributed by atoms with Crippen molar-refractivity contribution in [2.45, 2.75) is 31.7 Å². The molecule has 7 heteroatoms. The minimum Gasteiger partial charge on any atom is -0.494 e. The lowest BCUT2D eigenvalue weighted by Gasteiger charge is -2.20. The van der Waals surface area contributed by atoms with Crippen molar-refractivity contribution in [3.8, 4) is 11.5 Å². The first-order valence-corrected chi connectivity index (χ1v) is 11.4.